The molecule has 1 amide bonds. The van der Waals surface area contributed by atoms with Crippen LogP contribution in [0.25, 0.3) is 0 Å². The number of carbonyl (C=O) groups excluding carboxylic acids is 1. The topological polar surface area (TPSA) is 66.5 Å². The van der Waals surface area contributed by atoms with Crippen molar-refractivity contribution in [1.82, 2.24) is 5.32 Å². The Kier molecular flexibility index (Phi) is 7.35. The van der Waals surface area contributed by atoms with E-state index < -0.39 is 16.1 Å². The van der Waals surface area contributed by atoms with Crippen molar-refractivity contribution in [1.29, 1.82) is 0 Å². The van der Waals surface area contributed by atoms with Gasteiger partial charge < -0.3 is 5.32 Å². The minimum Gasteiger partial charge on any atom is -0.352 e. The van der Waals surface area contributed by atoms with Crippen molar-refractivity contribution in [2.24, 2.45) is 0 Å². The summed E-state index contributed by atoms with van der Waals surface area (Å²) < 4.78 is 25.7. The quantitative estimate of drug-likeness (QED) is 0.774. The van der Waals surface area contributed by atoms with E-state index in [-0.39, 0.29) is 11.9 Å². The molecule has 0 heterocycles. The fourth-order valence-electron chi connectivity index (χ4n) is 2.52. The van der Waals surface area contributed by atoms with E-state index in [0.717, 1.165) is 23.4 Å². The Bertz CT molecular complexity index is 634. The number of amides is 1. The summed E-state index contributed by atoms with van der Waals surface area (Å²) in [5, 5.41) is 3.31. The minimum atomic E-state index is -3.63. The predicted molar refractivity (Wildman–Crippen MR) is 95.4 cm³/mol. The van der Waals surface area contributed by atoms with Gasteiger partial charge in [-0.05, 0) is 38.0 Å². The van der Waals surface area contributed by atoms with Gasteiger partial charge in [-0.15, -0.1) is 0 Å². The van der Waals surface area contributed by atoms with Crippen molar-refractivity contribution in [3.05, 3.63) is 29.3 Å². The van der Waals surface area contributed by atoms with E-state index in [1.807, 2.05) is 13.8 Å². The average molecular weight is 361 g/mol. The van der Waals surface area contributed by atoms with Crippen molar-refractivity contribution in [3.8, 4) is 0 Å². The fourth-order valence-corrected chi connectivity index (χ4v) is 3.91. The van der Waals surface area contributed by atoms with Gasteiger partial charge in [0.1, 0.15) is 6.04 Å². The molecule has 0 aromatic heterocycles. The highest BCUT2D eigenvalue weighted by molar-refractivity contribution is 7.92. The van der Waals surface area contributed by atoms with Crippen LogP contribution >= 0.6 is 11.6 Å². The monoisotopic (exact) mass is 360 g/mol. The molecule has 1 aromatic rings. The van der Waals surface area contributed by atoms with Crippen LogP contribution in [-0.4, -0.2) is 32.7 Å². The lowest BCUT2D eigenvalue weighted by Gasteiger charge is -2.31. The van der Waals surface area contributed by atoms with Crippen molar-refractivity contribution >= 4 is 33.2 Å². The summed E-state index contributed by atoms with van der Waals surface area (Å²) in [7, 11) is -3.63. The molecule has 1 rings (SSSR count). The Labute approximate surface area is 144 Å². The van der Waals surface area contributed by atoms with Gasteiger partial charge in [0.05, 0.1) is 11.9 Å². The first-order valence-electron chi connectivity index (χ1n) is 7.76. The fraction of sp³-hybridized carbons (Fsp3) is 0.562. The van der Waals surface area contributed by atoms with Crippen molar-refractivity contribution in [3.63, 3.8) is 0 Å². The molecule has 0 fully saturated rings. The van der Waals surface area contributed by atoms with Gasteiger partial charge in [-0.3, -0.25) is 9.10 Å². The highest BCUT2D eigenvalue weighted by Crippen LogP contribution is 2.25. The lowest BCUT2D eigenvalue weighted by Crippen LogP contribution is -2.51. The summed E-state index contributed by atoms with van der Waals surface area (Å²) in [5.74, 6) is -0.293. The van der Waals surface area contributed by atoms with Crippen molar-refractivity contribution < 1.29 is 13.2 Å². The molecule has 0 aliphatic carbocycles. The number of halogens is 1. The number of nitrogens with one attached hydrogen (secondary N) is 1. The molecule has 0 aliphatic rings. The zero-order chi connectivity index (χ0) is 17.6. The van der Waals surface area contributed by atoms with Crippen LogP contribution in [0.15, 0.2) is 24.3 Å². The van der Waals surface area contributed by atoms with E-state index >= 15 is 0 Å². The van der Waals surface area contributed by atoms with Gasteiger partial charge in [-0.1, -0.05) is 37.9 Å². The van der Waals surface area contributed by atoms with Gasteiger partial charge >= 0.3 is 0 Å². The number of nitrogens with zero attached hydrogens (tertiary/aromatic N) is 1. The molecule has 23 heavy (non-hydrogen) atoms. The molecule has 0 unspecified atom stereocenters. The molecule has 0 spiro atoms. The number of rotatable bonds is 8. The number of benzene rings is 1. The average Bonchev–Trinajstić information content (AvgIpc) is 2.43. The van der Waals surface area contributed by atoms with E-state index in [1.165, 1.54) is 0 Å². The Morgan fingerprint density at radius 2 is 2.00 bits per heavy atom. The number of sulfonamides is 1. The van der Waals surface area contributed by atoms with Crippen LogP contribution in [0.3, 0.4) is 0 Å². The molecule has 7 heteroatoms. The van der Waals surface area contributed by atoms with Gasteiger partial charge in [-0.2, -0.15) is 0 Å². The Morgan fingerprint density at radius 3 is 2.48 bits per heavy atom. The SMILES string of the molecule is CCC[C@H](C)NC(=O)[C@@H](CC)N(c1cccc(Cl)c1)S(C)(=O)=O. The maximum absolute atomic E-state index is 12.6. The van der Waals surface area contributed by atoms with Crippen molar-refractivity contribution in [2.75, 3.05) is 10.6 Å². The number of anilines is 1. The van der Waals surface area contributed by atoms with Crippen LogP contribution in [0.2, 0.25) is 5.02 Å². The van der Waals surface area contributed by atoms with Crippen LogP contribution in [0.5, 0.6) is 0 Å². The largest absolute Gasteiger partial charge is 0.352 e. The predicted octanol–water partition coefficient (Wildman–Crippen LogP) is 3.19. The molecule has 0 aliphatic heterocycles. The van der Waals surface area contributed by atoms with Gasteiger partial charge in [-0.25, -0.2) is 8.42 Å². The van der Waals surface area contributed by atoms with Gasteiger partial charge in [0, 0.05) is 11.1 Å². The second-order valence-electron chi connectivity index (χ2n) is 5.66. The third kappa shape index (κ3) is 5.70. The molecule has 0 saturated carbocycles. The Hall–Kier alpha value is -1.27. The molecule has 0 bridgehead atoms. The molecular formula is C16H25ClN2O3S. The van der Waals surface area contributed by atoms with E-state index in [2.05, 4.69) is 5.32 Å². The molecule has 130 valence electrons. The summed E-state index contributed by atoms with van der Waals surface area (Å²) in [6.45, 7) is 5.74. The molecule has 2 atom stereocenters. The van der Waals surface area contributed by atoms with Crippen LogP contribution < -0.4 is 9.62 Å². The highest BCUT2D eigenvalue weighted by atomic mass is 35.5. The van der Waals surface area contributed by atoms with Crippen LogP contribution in [0.1, 0.15) is 40.0 Å². The van der Waals surface area contributed by atoms with E-state index in [1.54, 1.807) is 31.2 Å². The van der Waals surface area contributed by atoms with Gasteiger partial charge in [0.2, 0.25) is 15.9 Å². The third-order valence-electron chi connectivity index (χ3n) is 3.50. The number of carbonyl (C=O) groups is 1. The van der Waals surface area contributed by atoms with Crippen LogP contribution in [0.4, 0.5) is 5.69 Å². The normalized spacial score (nSPS) is 14.1. The lowest BCUT2D eigenvalue weighted by atomic mass is 10.1. The Balaban J connectivity index is 3.16. The van der Waals surface area contributed by atoms with Gasteiger partial charge in [0.25, 0.3) is 0 Å². The van der Waals surface area contributed by atoms with Gasteiger partial charge in [0.15, 0.2) is 0 Å². The number of hydrogen-bond donors (Lipinski definition) is 1. The molecule has 1 N–H and O–H groups in total. The maximum Gasteiger partial charge on any atom is 0.244 e. The summed E-state index contributed by atoms with van der Waals surface area (Å²) in [5.41, 5.74) is 0.394. The molecular weight excluding hydrogens is 336 g/mol. The molecule has 5 nitrogen and oxygen atoms in total. The summed E-state index contributed by atoms with van der Waals surface area (Å²) >= 11 is 5.97. The minimum absolute atomic E-state index is 0.00215. The van der Waals surface area contributed by atoms with E-state index in [9.17, 15) is 13.2 Å². The van der Waals surface area contributed by atoms with Crippen LogP contribution in [0, 0.1) is 0 Å². The molecule has 0 radical (unpaired) electrons. The first-order valence-corrected chi connectivity index (χ1v) is 9.98. The second kappa shape index (κ2) is 8.55. The second-order valence-corrected chi connectivity index (χ2v) is 7.96. The Morgan fingerprint density at radius 1 is 1.35 bits per heavy atom. The summed E-state index contributed by atoms with van der Waals surface area (Å²) in [4.78, 5) is 12.6. The van der Waals surface area contributed by atoms with Crippen molar-refractivity contribution in [2.45, 2.75) is 52.1 Å². The maximum atomic E-state index is 12.6. The third-order valence-corrected chi connectivity index (χ3v) is 4.92. The zero-order valence-corrected chi connectivity index (χ0v) is 15.6. The first kappa shape index (κ1) is 19.8. The summed E-state index contributed by atoms with van der Waals surface area (Å²) in [6.07, 6.45) is 3.25. The summed E-state index contributed by atoms with van der Waals surface area (Å²) in [6, 6.07) is 5.72. The standard InChI is InChI=1S/C16H25ClN2O3S/c1-5-8-12(3)18-16(20)15(6-2)19(23(4,21)22)14-10-7-9-13(17)11-14/h7,9-12,15H,5-6,8H2,1-4H3,(H,18,20)/t12-,15+/m0/s1. The molecule has 0 saturated heterocycles. The zero-order valence-electron chi connectivity index (χ0n) is 14.0. The number of hydrogen-bond acceptors (Lipinski definition) is 3. The first-order chi connectivity index (χ1) is 10.7. The van der Waals surface area contributed by atoms with E-state index in [0.29, 0.717) is 17.1 Å². The van der Waals surface area contributed by atoms with E-state index in [4.69, 9.17) is 11.6 Å². The highest BCUT2D eigenvalue weighted by Gasteiger charge is 2.31. The smallest absolute Gasteiger partial charge is 0.244 e. The molecule has 1 aromatic carbocycles. The van der Waals surface area contributed by atoms with Crippen LogP contribution in [-0.2, 0) is 14.8 Å². The lowest BCUT2D eigenvalue weighted by molar-refractivity contribution is -0.122.